The largest absolute Gasteiger partial charge is 0.346 e. The summed E-state index contributed by atoms with van der Waals surface area (Å²) in [5.41, 5.74) is 3.74. The minimum atomic E-state index is -0.173. The Morgan fingerprint density at radius 3 is 2.88 bits per heavy atom. The second-order valence-corrected chi connectivity index (χ2v) is 6.68. The predicted molar refractivity (Wildman–Crippen MR) is 97.2 cm³/mol. The molecule has 0 saturated heterocycles. The van der Waals surface area contributed by atoms with Gasteiger partial charge in [0, 0.05) is 43.3 Å². The molecule has 0 spiro atoms. The molecule has 7 heteroatoms. The Hall–Kier alpha value is -3.06. The van der Waals surface area contributed by atoms with E-state index in [2.05, 4.69) is 20.4 Å². The summed E-state index contributed by atoms with van der Waals surface area (Å²) in [4.78, 5) is 21.0. The van der Waals surface area contributed by atoms with Crippen LogP contribution in [0, 0.1) is 0 Å². The molecule has 3 heterocycles. The molecule has 6 nitrogen and oxygen atoms in total. The third-order valence-electron chi connectivity index (χ3n) is 3.77. The second-order valence-electron chi connectivity index (χ2n) is 5.65. The monoisotopic (exact) mass is 349 g/mol. The number of fused-ring (bicyclic) bond motifs is 1. The van der Waals surface area contributed by atoms with E-state index >= 15 is 0 Å². The molecule has 3 aromatic heterocycles. The first-order chi connectivity index (χ1) is 12.2. The average Bonchev–Trinajstić information content (AvgIpc) is 3.26. The Balaban J connectivity index is 1.48. The van der Waals surface area contributed by atoms with E-state index in [-0.39, 0.29) is 5.91 Å². The van der Waals surface area contributed by atoms with Crippen LogP contribution in [-0.4, -0.2) is 25.7 Å². The smallest absolute Gasteiger partial charge is 0.280 e. The third-order valence-corrected chi connectivity index (χ3v) is 4.81. The van der Waals surface area contributed by atoms with Gasteiger partial charge in [-0.15, -0.1) is 11.3 Å². The number of amides is 1. The highest BCUT2D eigenvalue weighted by Crippen LogP contribution is 2.22. The van der Waals surface area contributed by atoms with Gasteiger partial charge in [-0.3, -0.25) is 14.5 Å². The molecule has 4 rings (SSSR count). The van der Waals surface area contributed by atoms with Crippen LogP contribution in [0.15, 0.2) is 55.1 Å². The van der Waals surface area contributed by atoms with Gasteiger partial charge in [0.05, 0.1) is 16.4 Å². The van der Waals surface area contributed by atoms with Gasteiger partial charge in [0.15, 0.2) is 5.01 Å². The molecule has 0 fully saturated rings. The van der Waals surface area contributed by atoms with Crippen LogP contribution in [0.4, 0.5) is 0 Å². The maximum Gasteiger partial charge on any atom is 0.280 e. The first-order valence-corrected chi connectivity index (χ1v) is 8.57. The van der Waals surface area contributed by atoms with Crippen LogP contribution in [0.2, 0.25) is 0 Å². The summed E-state index contributed by atoms with van der Waals surface area (Å²) in [5, 5.41) is 7.55. The van der Waals surface area contributed by atoms with Crippen molar-refractivity contribution in [2.45, 2.75) is 6.54 Å². The maximum absolute atomic E-state index is 12.3. The molecule has 0 bridgehead atoms. The number of aromatic nitrogens is 4. The molecule has 124 valence electrons. The lowest BCUT2D eigenvalue weighted by Crippen LogP contribution is -2.22. The Morgan fingerprint density at radius 2 is 2.08 bits per heavy atom. The fourth-order valence-electron chi connectivity index (χ4n) is 2.54. The topological polar surface area (TPSA) is 72.7 Å². The van der Waals surface area contributed by atoms with Crippen molar-refractivity contribution in [2.75, 3.05) is 0 Å². The molecule has 0 aliphatic heterocycles. The van der Waals surface area contributed by atoms with Gasteiger partial charge in [-0.1, -0.05) is 12.1 Å². The highest BCUT2D eigenvalue weighted by Gasteiger charge is 2.12. The Bertz CT molecular complexity index is 1020. The number of thiazole rings is 1. The van der Waals surface area contributed by atoms with Gasteiger partial charge in [-0.2, -0.15) is 5.10 Å². The molecule has 0 saturated carbocycles. The highest BCUT2D eigenvalue weighted by molar-refractivity contribution is 7.20. The van der Waals surface area contributed by atoms with Crippen LogP contribution in [0.25, 0.3) is 21.3 Å². The predicted octanol–water partition coefficient (Wildman–Crippen LogP) is 3.02. The zero-order valence-corrected chi connectivity index (χ0v) is 14.3. The highest BCUT2D eigenvalue weighted by atomic mass is 32.1. The van der Waals surface area contributed by atoms with Crippen LogP contribution in [-0.2, 0) is 13.6 Å². The number of hydrogen-bond acceptors (Lipinski definition) is 5. The van der Waals surface area contributed by atoms with Gasteiger partial charge in [0.25, 0.3) is 5.91 Å². The van der Waals surface area contributed by atoms with Crippen LogP contribution in [0.1, 0.15) is 15.4 Å². The number of para-hydroxylation sites is 1. The molecule has 1 N–H and O–H groups in total. The molecular weight excluding hydrogens is 334 g/mol. The summed E-state index contributed by atoms with van der Waals surface area (Å²) in [6.07, 6.45) is 7.26. The average molecular weight is 349 g/mol. The van der Waals surface area contributed by atoms with Gasteiger partial charge in [0.1, 0.15) is 0 Å². The number of nitrogens with one attached hydrogen (secondary N) is 1. The molecule has 0 aliphatic carbocycles. The van der Waals surface area contributed by atoms with Crippen LogP contribution < -0.4 is 5.32 Å². The van der Waals surface area contributed by atoms with Crippen molar-refractivity contribution in [1.29, 1.82) is 0 Å². The number of aryl methyl sites for hydroxylation is 1. The van der Waals surface area contributed by atoms with E-state index in [0.29, 0.717) is 11.6 Å². The first-order valence-electron chi connectivity index (χ1n) is 7.76. The van der Waals surface area contributed by atoms with Gasteiger partial charge in [-0.05, 0) is 23.8 Å². The van der Waals surface area contributed by atoms with Crippen LogP contribution in [0.3, 0.4) is 0 Å². The van der Waals surface area contributed by atoms with Gasteiger partial charge in [-0.25, -0.2) is 4.98 Å². The summed E-state index contributed by atoms with van der Waals surface area (Å²) in [5.74, 6) is -0.173. The lowest BCUT2D eigenvalue weighted by atomic mass is 10.1. The number of nitrogens with zero attached hydrogens (tertiary/aromatic N) is 4. The fourth-order valence-corrected chi connectivity index (χ4v) is 3.42. The number of carbonyl (C=O) groups is 1. The normalized spacial score (nSPS) is 10.9. The molecule has 0 unspecified atom stereocenters. The zero-order chi connectivity index (χ0) is 17.2. The molecular formula is C18H15N5OS. The lowest BCUT2D eigenvalue weighted by Gasteiger charge is -2.04. The number of carbonyl (C=O) groups excluding carboxylic acids is 1. The van der Waals surface area contributed by atoms with E-state index < -0.39 is 0 Å². The third kappa shape index (κ3) is 3.27. The van der Waals surface area contributed by atoms with Crippen molar-refractivity contribution in [1.82, 2.24) is 25.1 Å². The quantitative estimate of drug-likeness (QED) is 0.615. The number of rotatable bonds is 4. The van der Waals surface area contributed by atoms with E-state index in [1.165, 1.54) is 11.3 Å². The van der Waals surface area contributed by atoms with Crippen molar-refractivity contribution < 1.29 is 4.79 Å². The Morgan fingerprint density at radius 1 is 1.20 bits per heavy atom. The van der Waals surface area contributed by atoms with Crippen molar-refractivity contribution in [3.8, 4) is 11.1 Å². The fraction of sp³-hybridized carbons (Fsp3) is 0.111. The molecule has 0 radical (unpaired) electrons. The van der Waals surface area contributed by atoms with Gasteiger partial charge in [0.2, 0.25) is 0 Å². The van der Waals surface area contributed by atoms with Crippen molar-refractivity contribution >= 4 is 27.5 Å². The Labute approximate surface area is 148 Å². The minimum Gasteiger partial charge on any atom is -0.346 e. The SMILES string of the molecule is Cn1cc(-c2cncc(CNC(=O)c3nc4ccccc4s3)c2)cn1. The summed E-state index contributed by atoms with van der Waals surface area (Å²) in [6, 6.07) is 9.73. The van der Waals surface area contributed by atoms with Crippen molar-refractivity contribution in [2.24, 2.45) is 7.05 Å². The minimum absolute atomic E-state index is 0.173. The van der Waals surface area contributed by atoms with Crippen LogP contribution >= 0.6 is 11.3 Å². The van der Waals surface area contributed by atoms with Crippen molar-refractivity contribution in [3.05, 3.63) is 65.7 Å². The van der Waals surface area contributed by atoms with Gasteiger partial charge >= 0.3 is 0 Å². The lowest BCUT2D eigenvalue weighted by molar-refractivity contribution is 0.0950. The maximum atomic E-state index is 12.3. The molecule has 0 atom stereocenters. The summed E-state index contributed by atoms with van der Waals surface area (Å²) < 4.78 is 2.75. The van der Waals surface area contributed by atoms with E-state index in [1.54, 1.807) is 23.3 Å². The molecule has 25 heavy (non-hydrogen) atoms. The van der Waals surface area contributed by atoms with Gasteiger partial charge < -0.3 is 5.32 Å². The van der Waals surface area contributed by atoms with Crippen LogP contribution in [0.5, 0.6) is 0 Å². The summed E-state index contributed by atoms with van der Waals surface area (Å²) in [7, 11) is 1.87. The van der Waals surface area contributed by atoms with E-state index in [4.69, 9.17) is 0 Å². The standard InChI is InChI=1S/C18H15N5OS/c1-23-11-14(10-21-23)13-6-12(7-19-9-13)8-20-17(24)18-22-15-4-2-3-5-16(15)25-18/h2-7,9-11H,8H2,1H3,(H,20,24). The summed E-state index contributed by atoms with van der Waals surface area (Å²) >= 11 is 1.39. The number of benzene rings is 1. The summed E-state index contributed by atoms with van der Waals surface area (Å²) in [6.45, 7) is 0.399. The molecule has 1 amide bonds. The molecule has 4 aromatic rings. The number of hydrogen-bond donors (Lipinski definition) is 1. The Kier molecular flexibility index (Phi) is 3.99. The van der Waals surface area contributed by atoms with E-state index in [9.17, 15) is 4.79 Å². The zero-order valence-electron chi connectivity index (χ0n) is 13.5. The number of pyridine rings is 1. The first kappa shape index (κ1) is 15.5. The molecule has 0 aliphatic rings. The van der Waals surface area contributed by atoms with E-state index in [0.717, 1.165) is 26.9 Å². The second kappa shape index (κ2) is 6.45. The van der Waals surface area contributed by atoms with E-state index in [1.807, 2.05) is 43.6 Å². The van der Waals surface area contributed by atoms with Crippen molar-refractivity contribution in [3.63, 3.8) is 0 Å². The molecule has 1 aromatic carbocycles.